The highest BCUT2D eigenvalue weighted by Crippen LogP contribution is 2.40. The second kappa shape index (κ2) is 5.40. The number of hydrogen-bond donors (Lipinski definition) is 0. The van der Waals surface area contributed by atoms with E-state index in [-0.39, 0.29) is 12.0 Å². The van der Waals surface area contributed by atoms with Crippen LogP contribution in [-0.2, 0) is 9.47 Å². The fourth-order valence-corrected chi connectivity index (χ4v) is 2.39. The Kier molecular flexibility index (Phi) is 3.99. The second-order valence-electron chi connectivity index (χ2n) is 5.83. The van der Waals surface area contributed by atoms with Crippen LogP contribution in [0.1, 0.15) is 46.6 Å². The summed E-state index contributed by atoms with van der Waals surface area (Å²) in [7, 11) is 0. The smallest absolute Gasteiger partial charge is 0.412 e. The number of rotatable bonds is 3. The molecule has 0 bridgehead atoms. The normalized spacial score (nSPS) is 25.2. The molecular formula is C13H21N3O4. The third-order valence-corrected chi connectivity index (χ3v) is 3.15. The summed E-state index contributed by atoms with van der Waals surface area (Å²) in [6, 6.07) is -0.438. The van der Waals surface area contributed by atoms with Gasteiger partial charge in [-0.3, -0.25) is 4.90 Å². The molecule has 2 heterocycles. The molecular weight excluding hydrogens is 262 g/mol. The molecule has 1 fully saturated rings. The van der Waals surface area contributed by atoms with Crippen molar-refractivity contribution in [2.75, 3.05) is 6.61 Å². The lowest BCUT2D eigenvalue weighted by Gasteiger charge is -2.31. The van der Waals surface area contributed by atoms with Gasteiger partial charge in [0.25, 0.3) is 5.89 Å². The first kappa shape index (κ1) is 14.8. The Morgan fingerprint density at radius 2 is 2.25 bits per heavy atom. The van der Waals surface area contributed by atoms with Crippen LogP contribution in [0.25, 0.3) is 0 Å². The highest BCUT2D eigenvalue weighted by atomic mass is 16.6. The summed E-state index contributed by atoms with van der Waals surface area (Å²) < 4.78 is 16.2. The number of hydrogen-bond acceptors (Lipinski definition) is 6. The van der Waals surface area contributed by atoms with Crippen molar-refractivity contribution in [3.63, 3.8) is 0 Å². The maximum atomic E-state index is 12.4. The summed E-state index contributed by atoms with van der Waals surface area (Å²) in [5, 5.41) is 3.60. The second-order valence-corrected chi connectivity index (χ2v) is 5.83. The van der Waals surface area contributed by atoms with E-state index in [0.29, 0.717) is 12.5 Å². The maximum Gasteiger partial charge on any atom is 0.412 e. The molecule has 2 atom stereocenters. The molecule has 1 aliphatic rings. The quantitative estimate of drug-likeness (QED) is 0.847. The predicted octanol–water partition coefficient (Wildman–Crippen LogP) is 2.36. The minimum Gasteiger partial charge on any atom is -0.449 e. The third kappa shape index (κ3) is 2.77. The molecule has 7 nitrogen and oxygen atoms in total. The number of amides is 1. The summed E-state index contributed by atoms with van der Waals surface area (Å²) >= 11 is 0. The van der Waals surface area contributed by atoms with Gasteiger partial charge in [-0.25, -0.2) is 4.79 Å². The number of carbonyl (C=O) groups is 1. The van der Waals surface area contributed by atoms with Crippen LogP contribution < -0.4 is 0 Å². The Morgan fingerprint density at radius 3 is 2.80 bits per heavy atom. The third-order valence-electron chi connectivity index (χ3n) is 3.15. The van der Waals surface area contributed by atoms with Gasteiger partial charge in [0.05, 0.1) is 12.7 Å². The fraction of sp³-hybridized carbons (Fsp3) is 0.769. The van der Waals surface area contributed by atoms with Crippen molar-refractivity contribution in [3.05, 3.63) is 12.2 Å². The Bertz CT molecular complexity index is 458. The van der Waals surface area contributed by atoms with Crippen LogP contribution in [0.5, 0.6) is 0 Å². The predicted molar refractivity (Wildman–Crippen MR) is 69.7 cm³/mol. The number of aromatic nitrogens is 2. The molecule has 0 spiro atoms. The molecule has 1 amide bonds. The van der Waals surface area contributed by atoms with E-state index in [1.807, 2.05) is 34.6 Å². The van der Waals surface area contributed by atoms with Gasteiger partial charge in [-0.2, -0.15) is 4.98 Å². The van der Waals surface area contributed by atoms with E-state index in [0.717, 1.165) is 0 Å². The zero-order chi connectivity index (χ0) is 14.9. The van der Waals surface area contributed by atoms with Gasteiger partial charge in [-0.05, 0) is 26.7 Å². The molecule has 112 valence electrons. The van der Waals surface area contributed by atoms with Gasteiger partial charge < -0.3 is 14.0 Å². The van der Waals surface area contributed by atoms with Gasteiger partial charge in [0, 0.05) is 0 Å². The van der Waals surface area contributed by atoms with Crippen molar-refractivity contribution in [1.82, 2.24) is 15.0 Å². The van der Waals surface area contributed by atoms with Gasteiger partial charge in [0.2, 0.25) is 0 Å². The first-order valence-corrected chi connectivity index (χ1v) is 6.73. The molecule has 0 saturated carbocycles. The van der Waals surface area contributed by atoms with Crippen molar-refractivity contribution in [3.8, 4) is 0 Å². The Hall–Kier alpha value is -1.63. The number of ether oxygens (including phenoxy) is 2. The van der Waals surface area contributed by atoms with E-state index in [4.69, 9.17) is 14.0 Å². The highest BCUT2D eigenvalue weighted by Gasteiger charge is 2.51. The molecule has 20 heavy (non-hydrogen) atoms. The maximum absolute atomic E-state index is 12.4. The largest absolute Gasteiger partial charge is 0.449 e. The molecule has 1 aromatic heterocycles. The van der Waals surface area contributed by atoms with Crippen molar-refractivity contribution in [1.29, 1.82) is 0 Å². The summed E-state index contributed by atoms with van der Waals surface area (Å²) in [5.74, 6) is 0.620. The fourth-order valence-electron chi connectivity index (χ4n) is 2.39. The topological polar surface area (TPSA) is 77.7 Å². The van der Waals surface area contributed by atoms with Crippen molar-refractivity contribution < 1.29 is 18.8 Å². The van der Waals surface area contributed by atoms with E-state index >= 15 is 0 Å². The molecule has 2 rings (SSSR count). The van der Waals surface area contributed by atoms with Crippen LogP contribution >= 0.6 is 0 Å². The zero-order valence-corrected chi connectivity index (χ0v) is 12.5. The summed E-state index contributed by atoms with van der Waals surface area (Å²) in [6.07, 6.45) is 0.624. The molecule has 0 radical (unpaired) electrons. The zero-order valence-electron chi connectivity index (χ0n) is 12.5. The monoisotopic (exact) mass is 283 g/mol. The van der Waals surface area contributed by atoms with Crippen LogP contribution in [0.2, 0.25) is 0 Å². The van der Waals surface area contributed by atoms with Gasteiger partial charge in [0.1, 0.15) is 11.8 Å². The van der Waals surface area contributed by atoms with Gasteiger partial charge >= 0.3 is 6.09 Å². The Morgan fingerprint density at radius 1 is 1.55 bits per heavy atom. The van der Waals surface area contributed by atoms with Gasteiger partial charge in [0.15, 0.2) is 6.33 Å². The van der Waals surface area contributed by atoms with Gasteiger partial charge in [-0.15, -0.1) is 0 Å². The van der Waals surface area contributed by atoms with Crippen molar-refractivity contribution >= 4 is 6.09 Å². The van der Waals surface area contributed by atoms with Crippen LogP contribution in [0, 0.1) is 5.92 Å². The lowest BCUT2D eigenvalue weighted by atomic mass is 10.1. The molecule has 1 aliphatic heterocycles. The van der Waals surface area contributed by atoms with E-state index in [2.05, 4.69) is 10.1 Å². The average Bonchev–Trinajstić information content (AvgIpc) is 2.91. The summed E-state index contributed by atoms with van der Waals surface area (Å²) in [4.78, 5) is 17.9. The van der Waals surface area contributed by atoms with Crippen molar-refractivity contribution in [2.45, 2.75) is 52.5 Å². The minimum absolute atomic E-state index is 0.253. The first-order chi connectivity index (χ1) is 9.33. The van der Waals surface area contributed by atoms with Crippen LogP contribution in [0.3, 0.4) is 0 Å². The number of carbonyl (C=O) groups excluding carboxylic acids is 1. The Labute approximate surface area is 118 Å². The Balaban J connectivity index is 2.23. The summed E-state index contributed by atoms with van der Waals surface area (Å²) in [5.41, 5.74) is -0.785. The first-order valence-electron chi connectivity index (χ1n) is 6.73. The number of nitrogens with zero attached hydrogens (tertiary/aromatic N) is 3. The SMILES string of the molecule is CC(C)COC(=O)N1C(c2ncno2)C(C)OC1(C)C. The lowest BCUT2D eigenvalue weighted by molar-refractivity contribution is -0.0670. The molecule has 0 aliphatic carbocycles. The molecule has 2 unspecified atom stereocenters. The molecule has 0 N–H and O–H groups in total. The van der Waals surface area contributed by atoms with Gasteiger partial charge in [-0.1, -0.05) is 19.0 Å². The molecule has 1 aromatic rings. The van der Waals surface area contributed by atoms with E-state index in [1.54, 1.807) is 0 Å². The molecule has 7 heteroatoms. The van der Waals surface area contributed by atoms with E-state index < -0.39 is 17.9 Å². The van der Waals surface area contributed by atoms with Crippen LogP contribution in [0.4, 0.5) is 4.79 Å². The van der Waals surface area contributed by atoms with Crippen molar-refractivity contribution in [2.24, 2.45) is 5.92 Å². The standard InChI is InChI=1S/C13H21N3O4/c1-8(2)6-18-12(17)16-10(11-14-7-15-20-11)9(3)19-13(16,4)5/h7-10H,6H2,1-5H3. The average molecular weight is 283 g/mol. The molecule has 0 aromatic carbocycles. The summed E-state index contributed by atoms with van der Waals surface area (Å²) in [6.45, 7) is 9.82. The highest BCUT2D eigenvalue weighted by molar-refractivity contribution is 5.69. The van der Waals surface area contributed by atoms with E-state index in [9.17, 15) is 4.79 Å². The van der Waals surface area contributed by atoms with E-state index in [1.165, 1.54) is 11.2 Å². The van der Waals surface area contributed by atoms with Crippen LogP contribution in [0.15, 0.2) is 10.9 Å². The molecule has 1 saturated heterocycles. The minimum atomic E-state index is -0.785. The van der Waals surface area contributed by atoms with Crippen LogP contribution in [-0.4, -0.2) is 39.6 Å². The lowest BCUT2D eigenvalue weighted by Crippen LogP contribution is -2.45.